The quantitative estimate of drug-likeness (QED) is 0.841. The lowest BCUT2D eigenvalue weighted by Gasteiger charge is -2.23. The molecule has 20 heavy (non-hydrogen) atoms. The number of rotatable bonds is 5. The molecule has 0 bridgehead atoms. The predicted molar refractivity (Wildman–Crippen MR) is 59.5 cm³/mol. The Labute approximate surface area is 110 Å². The van der Waals surface area contributed by atoms with Gasteiger partial charge in [-0.2, -0.15) is 31.3 Å². The van der Waals surface area contributed by atoms with Crippen molar-refractivity contribution in [3.63, 3.8) is 0 Å². The minimum atomic E-state index is -5.56. The van der Waals surface area contributed by atoms with Gasteiger partial charge in [0.15, 0.2) is 0 Å². The Morgan fingerprint density at radius 2 is 1.75 bits per heavy atom. The molecule has 0 aliphatic carbocycles. The van der Waals surface area contributed by atoms with Gasteiger partial charge in [0.05, 0.1) is 0 Å². The third-order valence-corrected chi connectivity index (χ3v) is 2.11. The fraction of sp³-hybridized carbons (Fsp3) is 0.545. The molecule has 0 aromatic carbocycles. The third kappa shape index (κ3) is 4.78. The van der Waals surface area contributed by atoms with Crippen LogP contribution in [-0.4, -0.2) is 30.0 Å². The van der Waals surface area contributed by atoms with Gasteiger partial charge in [0, 0.05) is 12.6 Å². The van der Waals surface area contributed by atoms with Gasteiger partial charge in [-0.15, -0.1) is 0 Å². The van der Waals surface area contributed by atoms with E-state index in [0.29, 0.717) is 6.54 Å². The van der Waals surface area contributed by atoms with Crippen LogP contribution in [0.3, 0.4) is 0 Å². The first kappa shape index (κ1) is 16.4. The van der Waals surface area contributed by atoms with Crippen LogP contribution < -0.4 is 10.1 Å². The average Bonchev–Trinajstić information content (AvgIpc) is 2.31. The van der Waals surface area contributed by atoms with Crippen LogP contribution in [0.4, 0.5) is 32.2 Å². The van der Waals surface area contributed by atoms with Crippen molar-refractivity contribution in [2.75, 3.05) is 11.9 Å². The lowest BCUT2D eigenvalue weighted by molar-refractivity contribution is -0.300. The van der Waals surface area contributed by atoms with Crippen molar-refractivity contribution in [1.82, 2.24) is 4.98 Å². The van der Waals surface area contributed by atoms with Crippen LogP contribution in [0.2, 0.25) is 0 Å². The molecule has 1 N–H and O–H groups in total. The van der Waals surface area contributed by atoms with Gasteiger partial charge in [0.2, 0.25) is 5.88 Å². The highest BCUT2D eigenvalue weighted by Gasteiger charge is 2.59. The molecule has 1 aromatic rings. The van der Waals surface area contributed by atoms with Crippen molar-refractivity contribution in [1.29, 1.82) is 0 Å². The molecule has 1 aromatic heterocycles. The van der Waals surface area contributed by atoms with Crippen molar-refractivity contribution in [3.8, 4) is 5.88 Å². The second kappa shape index (κ2) is 6.19. The van der Waals surface area contributed by atoms with E-state index in [1.165, 1.54) is 12.1 Å². The summed E-state index contributed by atoms with van der Waals surface area (Å²) in [6.45, 7) is 2.33. The fourth-order valence-corrected chi connectivity index (χ4v) is 1.27. The van der Waals surface area contributed by atoms with Gasteiger partial charge in [-0.05, 0) is 12.5 Å². The minimum absolute atomic E-state index is 0.146. The van der Waals surface area contributed by atoms with Crippen LogP contribution in [0.5, 0.6) is 5.88 Å². The first-order chi connectivity index (χ1) is 9.14. The monoisotopic (exact) mass is 302 g/mol. The molecule has 114 valence electrons. The molecule has 1 heterocycles. The van der Waals surface area contributed by atoms with Crippen molar-refractivity contribution < 1.29 is 31.1 Å². The number of nitrogens with zero attached hydrogens (tertiary/aromatic N) is 1. The highest BCUT2D eigenvalue weighted by molar-refractivity contribution is 5.36. The lowest BCUT2D eigenvalue weighted by atomic mass is 10.3. The van der Waals surface area contributed by atoms with Gasteiger partial charge < -0.3 is 10.1 Å². The smallest absolute Gasteiger partial charge is 0.434 e. The maximum absolute atomic E-state index is 12.3. The second-order valence-corrected chi connectivity index (χ2v) is 3.87. The molecule has 0 atom stereocenters. The first-order valence-corrected chi connectivity index (χ1v) is 5.65. The van der Waals surface area contributed by atoms with Crippen LogP contribution in [0.1, 0.15) is 13.3 Å². The van der Waals surface area contributed by atoms with E-state index in [9.17, 15) is 26.3 Å². The molecule has 1 rings (SSSR count). The molecule has 0 saturated heterocycles. The van der Waals surface area contributed by atoms with Crippen molar-refractivity contribution in [2.45, 2.75) is 31.8 Å². The average molecular weight is 302 g/mol. The van der Waals surface area contributed by atoms with E-state index in [4.69, 9.17) is 0 Å². The molecule has 0 saturated carbocycles. The number of halogens is 6. The molecule has 0 aliphatic heterocycles. The maximum atomic E-state index is 12.3. The first-order valence-electron chi connectivity index (χ1n) is 5.65. The highest BCUT2D eigenvalue weighted by atomic mass is 19.4. The number of aromatic nitrogens is 1. The Bertz CT molecular complexity index is 418. The summed E-state index contributed by atoms with van der Waals surface area (Å²) in [5.74, 6) is -0.599. The summed E-state index contributed by atoms with van der Waals surface area (Å²) >= 11 is 0. The highest BCUT2D eigenvalue weighted by Crippen LogP contribution is 2.36. The number of hydrogen-bond acceptors (Lipinski definition) is 3. The molecule has 0 aliphatic rings. The summed E-state index contributed by atoms with van der Waals surface area (Å²) in [5.41, 5.74) is 0. The van der Waals surface area contributed by atoms with Gasteiger partial charge in [-0.3, -0.25) is 0 Å². The van der Waals surface area contributed by atoms with Gasteiger partial charge in [-0.1, -0.05) is 13.0 Å². The van der Waals surface area contributed by atoms with Gasteiger partial charge >= 0.3 is 12.4 Å². The van der Waals surface area contributed by atoms with E-state index < -0.39 is 24.3 Å². The largest absolute Gasteiger partial charge is 0.455 e. The summed E-state index contributed by atoms with van der Waals surface area (Å²) in [5, 5.41) is 2.73. The van der Waals surface area contributed by atoms with E-state index in [-0.39, 0.29) is 5.82 Å². The van der Waals surface area contributed by atoms with Gasteiger partial charge in [0.1, 0.15) is 5.82 Å². The summed E-state index contributed by atoms with van der Waals surface area (Å²) in [6, 6.07) is 3.60. The van der Waals surface area contributed by atoms with E-state index in [0.717, 1.165) is 12.5 Å². The van der Waals surface area contributed by atoms with Crippen LogP contribution >= 0.6 is 0 Å². The van der Waals surface area contributed by atoms with Gasteiger partial charge in [-0.25, -0.2) is 0 Å². The summed E-state index contributed by atoms with van der Waals surface area (Å²) in [4.78, 5) is 3.54. The molecular weight excluding hydrogens is 290 g/mol. The predicted octanol–water partition coefficient (Wildman–Crippen LogP) is 3.78. The van der Waals surface area contributed by atoms with Crippen LogP contribution in [-0.2, 0) is 0 Å². The van der Waals surface area contributed by atoms with E-state index >= 15 is 0 Å². The Balaban J connectivity index is 2.89. The zero-order chi connectivity index (χ0) is 15.4. The van der Waals surface area contributed by atoms with E-state index in [1.54, 1.807) is 0 Å². The number of anilines is 1. The normalized spacial score (nSPS) is 12.6. The van der Waals surface area contributed by atoms with Gasteiger partial charge in [0.25, 0.3) is 6.10 Å². The molecule has 3 nitrogen and oxygen atoms in total. The van der Waals surface area contributed by atoms with Crippen LogP contribution in [0, 0.1) is 0 Å². The summed E-state index contributed by atoms with van der Waals surface area (Å²) < 4.78 is 77.9. The number of ether oxygens (including phenoxy) is 1. The van der Waals surface area contributed by atoms with Crippen LogP contribution in [0.25, 0.3) is 0 Å². The Kier molecular flexibility index (Phi) is 5.07. The minimum Gasteiger partial charge on any atom is -0.455 e. The molecule has 0 radical (unpaired) electrons. The molecule has 0 amide bonds. The molecule has 9 heteroatoms. The number of nitrogens with one attached hydrogen (secondary N) is 1. The Morgan fingerprint density at radius 3 is 2.25 bits per heavy atom. The standard InChI is InChI=1S/C11H12F6N2O/c1-2-6-18-7-4-3-5-8(19-7)20-9(10(12,13)14)11(15,16)17/h3-5,9H,2,6H2,1H3,(H,18,19). The zero-order valence-electron chi connectivity index (χ0n) is 10.3. The molecule has 0 spiro atoms. The van der Waals surface area contributed by atoms with Crippen molar-refractivity contribution >= 4 is 5.82 Å². The Hall–Kier alpha value is -1.67. The number of pyridine rings is 1. The van der Waals surface area contributed by atoms with Crippen molar-refractivity contribution in [3.05, 3.63) is 18.2 Å². The zero-order valence-corrected chi connectivity index (χ0v) is 10.3. The Morgan fingerprint density at radius 1 is 1.15 bits per heavy atom. The summed E-state index contributed by atoms with van der Waals surface area (Å²) in [6.07, 6.45) is -14.3. The lowest BCUT2D eigenvalue weighted by Crippen LogP contribution is -2.46. The second-order valence-electron chi connectivity index (χ2n) is 3.87. The topological polar surface area (TPSA) is 34.1 Å². The fourth-order valence-electron chi connectivity index (χ4n) is 1.27. The molecule has 0 fully saturated rings. The number of alkyl halides is 6. The van der Waals surface area contributed by atoms with E-state index in [1.807, 2.05) is 6.92 Å². The summed E-state index contributed by atoms with van der Waals surface area (Å²) in [7, 11) is 0. The SMILES string of the molecule is CCCNc1cccc(OC(C(F)(F)F)C(F)(F)F)n1. The van der Waals surface area contributed by atoms with Crippen LogP contribution in [0.15, 0.2) is 18.2 Å². The maximum Gasteiger partial charge on any atom is 0.434 e. The van der Waals surface area contributed by atoms with Crippen molar-refractivity contribution in [2.24, 2.45) is 0 Å². The molecule has 0 unspecified atom stereocenters. The number of hydrogen-bond donors (Lipinski definition) is 1. The van der Waals surface area contributed by atoms with E-state index in [2.05, 4.69) is 15.0 Å². The molecular formula is C11H12F6N2O. The third-order valence-electron chi connectivity index (χ3n) is 2.11.